The first kappa shape index (κ1) is 18.6. The van der Waals surface area contributed by atoms with Crippen LogP contribution in [0.1, 0.15) is 25.6 Å². The molecule has 146 valence electrons. The predicted octanol–water partition coefficient (Wildman–Crippen LogP) is 3.81. The van der Waals surface area contributed by atoms with E-state index in [1.807, 2.05) is 50.2 Å². The van der Waals surface area contributed by atoms with Crippen LogP contribution in [0.3, 0.4) is 0 Å². The first-order chi connectivity index (χ1) is 14.0. The molecule has 0 aliphatic carbocycles. The second-order valence-corrected chi connectivity index (χ2v) is 7.03. The van der Waals surface area contributed by atoms with Gasteiger partial charge in [0, 0.05) is 23.1 Å². The van der Waals surface area contributed by atoms with Crippen LogP contribution in [-0.4, -0.2) is 20.6 Å². The smallest absolute Gasteiger partial charge is 0.258 e. The number of hydrogen-bond acceptors (Lipinski definition) is 5. The molecule has 0 aliphatic rings. The van der Waals surface area contributed by atoms with Crippen LogP contribution in [0.2, 0.25) is 0 Å². The van der Waals surface area contributed by atoms with Crippen molar-refractivity contribution in [1.82, 2.24) is 14.7 Å². The number of aromatic nitrogens is 3. The highest BCUT2D eigenvalue weighted by atomic mass is 16.5. The van der Waals surface area contributed by atoms with Crippen molar-refractivity contribution in [2.24, 2.45) is 0 Å². The fourth-order valence-electron chi connectivity index (χ4n) is 3.12. The summed E-state index contributed by atoms with van der Waals surface area (Å²) in [5, 5.41) is 7.55. The maximum atomic E-state index is 12.8. The standard InChI is InChI=1S/C22H20N4O3/c1-14(2)21-24-22(29-25-21)17-12-20(28)26(18-11-7-6-10-16(17)18)13-19(27)23-15-8-4-3-5-9-15/h3-12,14H,13H2,1-2H3,(H,23,27). The number of nitrogens with zero attached hydrogens (tertiary/aromatic N) is 3. The summed E-state index contributed by atoms with van der Waals surface area (Å²) in [4.78, 5) is 29.8. The minimum absolute atomic E-state index is 0.102. The molecule has 1 amide bonds. The van der Waals surface area contributed by atoms with Gasteiger partial charge in [-0.15, -0.1) is 0 Å². The van der Waals surface area contributed by atoms with Crippen molar-refractivity contribution in [3.05, 3.63) is 76.8 Å². The number of pyridine rings is 1. The van der Waals surface area contributed by atoms with Crippen molar-refractivity contribution in [3.8, 4) is 11.5 Å². The molecule has 0 spiro atoms. The van der Waals surface area contributed by atoms with Crippen LogP contribution in [-0.2, 0) is 11.3 Å². The summed E-state index contributed by atoms with van der Waals surface area (Å²) in [6.45, 7) is 3.84. The Hall–Kier alpha value is -3.74. The zero-order valence-electron chi connectivity index (χ0n) is 16.1. The lowest BCUT2D eigenvalue weighted by Crippen LogP contribution is -2.27. The second kappa shape index (κ2) is 7.71. The number of fused-ring (bicyclic) bond motifs is 1. The number of carbonyl (C=O) groups excluding carboxylic acids is 1. The Morgan fingerprint density at radius 1 is 1.10 bits per heavy atom. The Kier molecular flexibility index (Phi) is 4.95. The van der Waals surface area contributed by atoms with E-state index in [1.165, 1.54) is 10.6 Å². The maximum absolute atomic E-state index is 12.8. The largest absolute Gasteiger partial charge is 0.334 e. The highest BCUT2D eigenvalue weighted by molar-refractivity contribution is 5.95. The fraction of sp³-hybridized carbons (Fsp3) is 0.182. The van der Waals surface area contributed by atoms with E-state index in [1.54, 1.807) is 18.2 Å². The van der Waals surface area contributed by atoms with Crippen LogP contribution in [0.5, 0.6) is 0 Å². The molecule has 0 saturated heterocycles. The van der Waals surface area contributed by atoms with Gasteiger partial charge in [-0.25, -0.2) is 0 Å². The number of amides is 1. The van der Waals surface area contributed by atoms with Crippen LogP contribution < -0.4 is 10.9 Å². The van der Waals surface area contributed by atoms with E-state index in [2.05, 4.69) is 15.5 Å². The van der Waals surface area contributed by atoms with Gasteiger partial charge in [-0.3, -0.25) is 14.2 Å². The number of hydrogen-bond donors (Lipinski definition) is 1. The van der Waals surface area contributed by atoms with Crippen molar-refractivity contribution in [1.29, 1.82) is 0 Å². The van der Waals surface area contributed by atoms with Gasteiger partial charge in [0.05, 0.1) is 11.1 Å². The maximum Gasteiger partial charge on any atom is 0.258 e. The normalized spacial score (nSPS) is 11.1. The van der Waals surface area contributed by atoms with Gasteiger partial charge in [0.1, 0.15) is 6.54 Å². The minimum atomic E-state index is -0.314. The molecule has 7 nitrogen and oxygen atoms in total. The molecule has 0 aliphatic heterocycles. The summed E-state index contributed by atoms with van der Waals surface area (Å²) in [6.07, 6.45) is 0. The molecule has 2 heterocycles. The summed E-state index contributed by atoms with van der Waals surface area (Å²) in [7, 11) is 0. The van der Waals surface area contributed by atoms with Crippen molar-refractivity contribution < 1.29 is 9.32 Å². The molecule has 2 aromatic heterocycles. The van der Waals surface area contributed by atoms with Crippen molar-refractivity contribution in [2.75, 3.05) is 5.32 Å². The summed E-state index contributed by atoms with van der Waals surface area (Å²) in [5.41, 5.74) is 1.55. The molecular formula is C22H20N4O3. The van der Waals surface area contributed by atoms with Gasteiger partial charge in [0.2, 0.25) is 5.91 Å². The summed E-state index contributed by atoms with van der Waals surface area (Å²) in [5.74, 6) is 0.704. The number of anilines is 1. The Labute approximate surface area is 167 Å². The minimum Gasteiger partial charge on any atom is -0.334 e. The third-order valence-corrected chi connectivity index (χ3v) is 4.57. The third-order valence-electron chi connectivity index (χ3n) is 4.57. The van der Waals surface area contributed by atoms with Crippen LogP contribution in [0.25, 0.3) is 22.4 Å². The monoisotopic (exact) mass is 388 g/mol. The van der Waals surface area contributed by atoms with E-state index in [0.29, 0.717) is 28.5 Å². The lowest BCUT2D eigenvalue weighted by Gasteiger charge is -2.12. The fourth-order valence-corrected chi connectivity index (χ4v) is 3.12. The van der Waals surface area contributed by atoms with E-state index in [0.717, 1.165) is 5.39 Å². The lowest BCUT2D eigenvalue weighted by atomic mass is 10.1. The lowest BCUT2D eigenvalue weighted by molar-refractivity contribution is -0.116. The third kappa shape index (κ3) is 3.80. The van der Waals surface area contributed by atoms with Crippen molar-refractivity contribution >= 4 is 22.5 Å². The number of para-hydroxylation sites is 2. The summed E-state index contributed by atoms with van der Waals surface area (Å²) >= 11 is 0. The van der Waals surface area contributed by atoms with Crippen molar-refractivity contribution in [3.63, 3.8) is 0 Å². The van der Waals surface area contributed by atoms with Gasteiger partial charge in [-0.1, -0.05) is 55.4 Å². The van der Waals surface area contributed by atoms with E-state index >= 15 is 0 Å². The highest BCUT2D eigenvalue weighted by Crippen LogP contribution is 2.27. The van der Waals surface area contributed by atoms with Crippen LogP contribution >= 0.6 is 0 Å². The molecule has 0 unspecified atom stereocenters. The predicted molar refractivity (Wildman–Crippen MR) is 111 cm³/mol. The second-order valence-electron chi connectivity index (χ2n) is 7.03. The zero-order valence-corrected chi connectivity index (χ0v) is 16.1. The number of rotatable bonds is 5. The Balaban J connectivity index is 1.73. The average Bonchev–Trinajstić information content (AvgIpc) is 3.21. The molecule has 7 heteroatoms. The van der Waals surface area contributed by atoms with Crippen molar-refractivity contribution in [2.45, 2.75) is 26.3 Å². The van der Waals surface area contributed by atoms with Gasteiger partial charge in [-0.2, -0.15) is 4.98 Å². The molecule has 1 N–H and O–H groups in total. The molecule has 29 heavy (non-hydrogen) atoms. The van der Waals surface area contributed by atoms with Gasteiger partial charge in [0.15, 0.2) is 5.82 Å². The molecule has 4 rings (SSSR count). The molecule has 0 atom stereocenters. The van der Waals surface area contributed by atoms with E-state index in [-0.39, 0.29) is 23.9 Å². The number of nitrogens with one attached hydrogen (secondary N) is 1. The Bertz CT molecular complexity index is 1230. The molecule has 0 saturated carbocycles. The highest BCUT2D eigenvalue weighted by Gasteiger charge is 2.18. The topological polar surface area (TPSA) is 90.0 Å². The van der Waals surface area contributed by atoms with Gasteiger partial charge < -0.3 is 9.84 Å². The molecular weight excluding hydrogens is 368 g/mol. The quantitative estimate of drug-likeness (QED) is 0.561. The Morgan fingerprint density at radius 3 is 2.55 bits per heavy atom. The van der Waals surface area contributed by atoms with Crippen LogP contribution in [0.15, 0.2) is 70.0 Å². The van der Waals surface area contributed by atoms with Gasteiger partial charge in [0.25, 0.3) is 11.4 Å². The first-order valence-corrected chi connectivity index (χ1v) is 9.34. The SMILES string of the molecule is CC(C)c1noc(-c2cc(=O)n(CC(=O)Nc3ccccc3)c3ccccc23)n1. The molecule has 0 radical (unpaired) electrons. The summed E-state index contributed by atoms with van der Waals surface area (Å²) < 4.78 is 6.83. The molecule has 0 bridgehead atoms. The van der Waals surface area contributed by atoms with Gasteiger partial charge in [-0.05, 0) is 18.2 Å². The summed E-state index contributed by atoms with van der Waals surface area (Å²) in [6, 6.07) is 17.9. The molecule has 2 aromatic carbocycles. The average molecular weight is 388 g/mol. The zero-order chi connectivity index (χ0) is 20.4. The van der Waals surface area contributed by atoms with E-state index in [4.69, 9.17) is 4.52 Å². The molecule has 0 fully saturated rings. The number of carbonyl (C=O) groups is 1. The van der Waals surface area contributed by atoms with E-state index in [9.17, 15) is 9.59 Å². The molecule has 4 aromatic rings. The van der Waals surface area contributed by atoms with Crippen LogP contribution in [0, 0.1) is 0 Å². The van der Waals surface area contributed by atoms with Gasteiger partial charge >= 0.3 is 0 Å². The first-order valence-electron chi connectivity index (χ1n) is 9.34. The van der Waals surface area contributed by atoms with E-state index < -0.39 is 0 Å². The van der Waals surface area contributed by atoms with Crippen LogP contribution in [0.4, 0.5) is 5.69 Å². The number of benzene rings is 2. The Morgan fingerprint density at radius 2 is 1.83 bits per heavy atom.